The highest BCUT2D eigenvalue weighted by Crippen LogP contribution is 2.39. The molecule has 0 spiro atoms. The lowest BCUT2D eigenvalue weighted by Gasteiger charge is -2.47. The van der Waals surface area contributed by atoms with E-state index >= 15 is 0 Å². The number of aliphatic hydroxyl groups is 1. The molecule has 0 aromatic heterocycles. The first kappa shape index (κ1) is 16.1. The van der Waals surface area contributed by atoms with Gasteiger partial charge in [-0.3, -0.25) is 4.79 Å². The highest BCUT2D eigenvalue weighted by atomic mass is 16.4. The van der Waals surface area contributed by atoms with E-state index in [4.69, 9.17) is 5.11 Å². The van der Waals surface area contributed by atoms with Gasteiger partial charge >= 0.3 is 12.0 Å². The summed E-state index contributed by atoms with van der Waals surface area (Å²) in [5, 5.41) is 22.3. The van der Waals surface area contributed by atoms with Gasteiger partial charge in [-0.2, -0.15) is 0 Å². The van der Waals surface area contributed by atoms with Gasteiger partial charge in [0.25, 0.3) is 0 Å². The third-order valence-electron chi connectivity index (χ3n) is 4.75. The molecule has 120 valence electrons. The van der Waals surface area contributed by atoms with Crippen LogP contribution in [0.2, 0.25) is 0 Å². The largest absolute Gasteiger partial charge is 0.481 e. The Morgan fingerprint density at radius 3 is 2.71 bits per heavy atom. The van der Waals surface area contributed by atoms with Crippen molar-refractivity contribution in [2.75, 3.05) is 13.1 Å². The summed E-state index contributed by atoms with van der Waals surface area (Å²) < 4.78 is 0. The Balaban J connectivity index is 1.94. The van der Waals surface area contributed by atoms with Crippen molar-refractivity contribution in [1.29, 1.82) is 0 Å². The van der Waals surface area contributed by atoms with Gasteiger partial charge in [-0.05, 0) is 33.1 Å². The highest BCUT2D eigenvalue weighted by molar-refractivity contribution is 5.77. The van der Waals surface area contributed by atoms with E-state index in [1.807, 2.05) is 0 Å². The number of hydrogen-bond acceptors (Lipinski definition) is 3. The zero-order valence-electron chi connectivity index (χ0n) is 12.9. The van der Waals surface area contributed by atoms with Crippen LogP contribution in [0, 0.1) is 5.92 Å². The lowest BCUT2D eigenvalue weighted by molar-refractivity contribution is -0.138. The van der Waals surface area contributed by atoms with Crippen LogP contribution in [0.1, 0.15) is 52.4 Å². The average Bonchev–Trinajstić information content (AvgIpc) is 2.35. The van der Waals surface area contributed by atoms with Crippen LogP contribution >= 0.6 is 0 Å². The van der Waals surface area contributed by atoms with Crippen molar-refractivity contribution in [1.82, 2.24) is 10.2 Å². The Morgan fingerprint density at radius 1 is 1.33 bits per heavy atom. The molecule has 0 radical (unpaired) electrons. The number of piperidine rings is 1. The predicted molar refractivity (Wildman–Crippen MR) is 78.0 cm³/mol. The number of urea groups is 1. The number of rotatable bonds is 3. The lowest BCUT2D eigenvalue weighted by Crippen LogP contribution is -2.58. The van der Waals surface area contributed by atoms with Gasteiger partial charge in [0.05, 0.1) is 12.0 Å². The van der Waals surface area contributed by atoms with Gasteiger partial charge in [0.1, 0.15) is 0 Å². The molecule has 0 aromatic rings. The minimum atomic E-state index is -0.930. The first-order valence-corrected chi connectivity index (χ1v) is 7.73. The first-order valence-electron chi connectivity index (χ1n) is 7.73. The summed E-state index contributed by atoms with van der Waals surface area (Å²) >= 11 is 0. The maximum Gasteiger partial charge on any atom is 0.317 e. The Bertz CT molecular complexity index is 424. The fraction of sp³-hybridized carbons (Fsp3) is 0.867. The van der Waals surface area contributed by atoms with Gasteiger partial charge < -0.3 is 20.4 Å². The van der Waals surface area contributed by atoms with Crippen molar-refractivity contribution >= 4 is 12.0 Å². The second-order valence-electron chi connectivity index (χ2n) is 7.13. The quantitative estimate of drug-likeness (QED) is 0.738. The fourth-order valence-corrected chi connectivity index (χ4v) is 3.55. The number of carboxylic acids is 1. The first-order chi connectivity index (χ1) is 9.72. The third kappa shape index (κ3) is 3.87. The summed E-state index contributed by atoms with van der Waals surface area (Å²) in [7, 11) is 0. The van der Waals surface area contributed by atoms with E-state index in [0.717, 1.165) is 25.7 Å². The molecule has 1 saturated carbocycles. The number of carbonyl (C=O) groups is 2. The number of likely N-dealkylation sites (tertiary alicyclic amines) is 1. The molecule has 0 bridgehead atoms. The molecule has 2 unspecified atom stereocenters. The van der Waals surface area contributed by atoms with Gasteiger partial charge in [-0.25, -0.2) is 4.79 Å². The maximum absolute atomic E-state index is 12.3. The average molecular weight is 298 g/mol. The van der Waals surface area contributed by atoms with Crippen LogP contribution in [0.25, 0.3) is 0 Å². The summed E-state index contributed by atoms with van der Waals surface area (Å²) in [6.07, 6.45) is 4.46. The zero-order valence-corrected chi connectivity index (χ0v) is 12.9. The molecule has 6 nitrogen and oxygen atoms in total. The molecular weight excluding hydrogens is 272 g/mol. The highest BCUT2D eigenvalue weighted by Gasteiger charge is 2.44. The van der Waals surface area contributed by atoms with Gasteiger partial charge in [0, 0.05) is 24.5 Å². The van der Waals surface area contributed by atoms with Gasteiger partial charge in [-0.1, -0.05) is 12.8 Å². The SMILES string of the molecule is CC(C)(CC(=O)O)NC(=O)N1CCC2(O)CCCCC2C1. The molecule has 21 heavy (non-hydrogen) atoms. The Kier molecular flexibility index (Phi) is 4.46. The van der Waals surface area contributed by atoms with Crippen LogP contribution in [-0.2, 0) is 4.79 Å². The molecule has 1 saturated heterocycles. The summed E-state index contributed by atoms with van der Waals surface area (Å²) in [5.41, 5.74) is -1.38. The summed E-state index contributed by atoms with van der Waals surface area (Å²) in [6, 6.07) is -0.228. The van der Waals surface area contributed by atoms with Crippen LogP contribution in [0.5, 0.6) is 0 Å². The molecule has 1 aliphatic heterocycles. The van der Waals surface area contributed by atoms with Crippen molar-refractivity contribution in [3.8, 4) is 0 Å². The van der Waals surface area contributed by atoms with Crippen molar-refractivity contribution in [3.63, 3.8) is 0 Å². The number of carboxylic acid groups (broad SMARTS) is 1. The van der Waals surface area contributed by atoms with Crippen LogP contribution in [-0.4, -0.2) is 51.3 Å². The number of nitrogens with one attached hydrogen (secondary N) is 1. The van der Waals surface area contributed by atoms with E-state index in [1.165, 1.54) is 0 Å². The van der Waals surface area contributed by atoms with Crippen LogP contribution < -0.4 is 5.32 Å². The van der Waals surface area contributed by atoms with Crippen LogP contribution in [0.15, 0.2) is 0 Å². The fourth-order valence-electron chi connectivity index (χ4n) is 3.55. The molecule has 2 amide bonds. The molecule has 1 heterocycles. The molecule has 2 fully saturated rings. The van der Waals surface area contributed by atoms with Crippen molar-refractivity contribution in [2.24, 2.45) is 5.92 Å². The Morgan fingerprint density at radius 2 is 2.05 bits per heavy atom. The van der Waals surface area contributed by atoms with E-state index in [1.54, 1.807) is 18.7 Å². The van der Waals surface area contributed by atoms with Crippen molar-refractivity contribution < 1.29 is 19.8 Å². The van der Waals surface area contributed by atoms with Crippen LogP contribution in [0.3, 0.4) is 0 Å². The van der Waals surface area contributed by atoms with Crippen LogP contribution in [0.4, 0.5) is 4.79 Å². The molecule has 3 N–H and O–H groups in total. The van der Waals surface area contributed by atoms with Gasteiger partial charge in [0.15, 0.2) is 0 Å². The van der Waals surface area contributed by atoms with E-state index in [9.17, 15) is 14.7 Å². The molecule has 6 heteroatoms. The maximum atomic E-state index is 12.3. The number of nitrogens with zero attached hydrogens (tertiary/aromatic N) is 1. The summed E-state index contributed by atoms with van der Waals surface area (Å²) in [4.78, 5) is 24.8. The molecule has 2 aliphatic rings. The smallest absolute Gasteiger partial charge is 0.317 e. The number of aliphatic carboxylic acids is 1. The second kappa shape index (κ2) is 5.83. The summed E-state index contributed by atoms with van der Waals surface area (Å²) in [6.45, 7) is 4.51. The number of fused-ring (bicyclic) bond motifs is 1. The standard InChI is InChI=1S/C15H26N2O4/c1-14(2,9-12(18)19)16-13(20)17-8-7-15(21)6-4-3-5-11(15)10-17/h11,21H,3-10H2,1-2H3,(H,16,20)(H,18,19). The molecule has 1 aliphatic carbocycles. The summed E-state index contributed by atoms with van der Waals surface area (Å²) in [5.74, 6) is -0.783. The van der Waals surface area contributed by atoms with Crippen molar-refractivity contribution in [3.05, 3.63) is 0 Å². The minimum Gasteiger partial charge on any atom is -0.481 e. The van der Waals surface area contributed by atoms with E-state index < -0.39 is 17.1 Å². The number of carbonyl (C=O) groups excluding carboxylic acids is 1. The second-order valence-corrected chi connectivity index (χ2v) is 7.13. The zero-order chi connectivity index (χ0) is 15.7. The molecule has 2 rings (SSSR count). The van der Waals surface area contributed by atoms with Gasteiger partial charge in [0.2, 0.25) is 0 Å². The molecule has 0 aromatic carbocycles. The van der Waals surface area contributed by atoms with E-state index in [-0.39, 0.29) is 18.4 Å². The molecule has 2 atom stereocenters. The van der Waals surface area contributed by atoms with E-state index in [2.05, 4.69) is 5.32 Å². The molecular formula is C15H26N2O4. The minimum absolute atomic E-state index is 0.111. The topological polar surface area (TPSA) is 89.9 Å². The number of hydrogen-bond donors (Lipinski definition) is 3. The van der Waals surface area contributed by atoms with E-state index in [0.29, 0.717) is 19.5 Å². The normalized spacial score (nSPS) is 29.7. The third-order valence-corrected chi connectivity index (χ3v) is 4.75. The Hall–Kier alpha value is -1.30. The number of amides is 2. The monoisotopic (exact) mass is 298 g/mol. The predicted octanol–water partition coefficient (Wildman–Crippen LogP) is 1.58. The van der Waals surface area contributed by atoms with Crippen molar-refractivity contribution in [2.45, 2.75) is 63.5 Å². The Labute approximate surface area is 125 Å². The van der Waals surface area contributed by atoms with Gasteiger partial charge in [-0.15, -0.1) is 0 Å². The lowest BCUT2D eigenvalue weighted by atomic mass is 9.71.